The summed E-state index contributed by atoms with van der Waals surface area (Å²) >= 11 is 11.4. The molecular weight excluding hydrogens is 306 g/mol. The summed E-state index contributed by atoms with van der Waals surface area (Å²) < 4.78 is 7.80. The first-order valence-corrected chi connectivity index (χ1v) is 7.28. The van der Waals surface area contributed by atoms with Crippen LogP contribution in [0.4, 0.5) is 0 Å². The fourth-order valence-electron chi connectivity index (χ4n) is 2.38. The van der Waals surface area contributed by atoms with E-state index in [2.05, 4.69) is 16.9 Å². The van der Waals surface area contributed by atoms with Crippen molar-refractivity contribution in [3.8, 4) is 5.75 Å². The van der Waals surface area contributed by atoms with E-state index in [0.29, 0.717) is 9.79 Å². The van der Waals surface area contributed by atoms with Crippen molar-refractivity contribution in [2.24, 2.45) is 0 Å². The van der Waals surface area contributed by atoms with Crippen molar-refractivity contribution in [3.05, 3.63) is 51.9 Å². The second-order valence-corrected chi connectivity index (χ2v) is 5.60. The number of benzene rings is 1. The number of pyridine rings is 1. The zero-order valence-corrected chi connectivity index (χ0v) is 13.2. The number of rotatable bonds is 3. The molecule has 1 atom stereocenters. The first-order chi connectivity index (χ1) is 10.1. The molecule has 1 unspecified atom stereocenters. The Labute approximate surface area is 132 Å². The largest absolute Gasteiger partial charge is 0.497 e. The van der Waals surface area contributed by atoms with E-state index in [1.807, 2.05) is 34.9 Å². The molecule has 4 nitrogen and oxygen atoms in total. The molecule has 2 aromatic heterocycles. The third kappa shape index (κ3) is 2.54. The molecule has 2 heterocycles. The summed E-state index contributed by atoms with van der Waals surface area (Å²) in [6, 6.07) is 9.82. The smallest absolute Gasteiger partial charge is 0.179 e. The molecule has 1 aromatic carbocycles. The van der Waals surface area contributed by atoms with Crippen LogP contribution in [0, 0.1) is 4.77 Å². The van der Waals surface area contributed by atoms with Gasteiger partial charge in [0.1, 0.15) is 5.75 Å². The Bertz CT molecular complexity index is 838. The second-order valence-electron chi connectivity index (χ2n) is 4.77. The zero-order valence-electron chi connectivity index (χ0n) is 11.6. The molecule has 1 N–H and O–H groups in total. The van der Waals surface area contributed by atoms with Crippen LogP contribution >= 0.6 is 23.8 Å². The Balaban J connectivity index is 2.10. The van der Waals surface area contributed by atoms with Gasteiger partial charge in [-0.05, 0) is 42.9 Å². The highest BCUT2D eigenvalue weighted by atomic mass is 35.5. The van der Waals surface area contributed by atoms with E-state index in [1.165, 1.54) is 0 Å². The molecule has 0 aliphatic rings. The summed E-state index contributed by atoms with van der Waals surface area (Å²) in [6.07, 6.45) is 1.63. The minimum Gasteiger partial charge on any atom is -0.497 e. The molecule has 3 rings (SSSR count). The van der Waals surface area contributed by atoms with Gasteiger partial charge in [-0.25, -0.2) is 4.98 Å². The van der Waals surface area contributed by atoms with Crippen LogP contribution in [0.5, 0.6) is 5.75 Å². The third-order valence-electron chi connectivity index (χ3n) is 3.51. The quantitative estimate of drug-likeness (QED) is 0.729. The van der Waals surface area contributed by atoms with Gasteiger partial charge in [0, 0.05) is 6.20 Å². The number of ether oxygens (including phenoxy) is 1. The molecular formula is C15H14ClN3OS. The number of halogens is 1. The monoisotopic (exact) mass is 319 g/mol. The van der Waals surface area contributed by atoms with Gasteiger partial charge < -0.3 is 9.72 Å². The summed E-state index contributed by atoms with van der Waals surface area (Å²) in [6.45, 7) is 2.08. The lowest BCUT2D eigenvalue weighted by Crippen LogP contribution is -2.07. The molecule has 0 aliphatic heterocycles. The lowest BCUT2D eigenvalue weighted by atomic mass is 10.1. The third-order valence-corrected chi connectivity index (χ3v) is 4.01. The van der Waals surface area contributed by atoms with Crippen molar-refractivity contribution >= 4 is 35.0 Å². The molecule has 0 amide bonds. The number of aromatic amines is 1. The molecule has 21 heavy (non-hydrogen) atoms. The van der Waals surface area contributed by atoms with Crippen LogP contribution in [-0.4, -0.2) is 21.6 Å². The maximum atomic E-state index is 5.97. The predicted molar refractivity (Wildman–Crippen MR) is 86.7 cm³/mol. The van der Waals surface area contributed by atoms with Gasteiger partial charge in [0.2, 0.25) is 0 Å². The molecule has 6 heteroatoms. The Morgan fingerprint density at radius 1 is 1.33 bits per heavy atom. The number of methoxy groups -OCH3 is 1. The summed E-state index contributed by atoms with van der Waals surface area (Å²) in [4.78, 5) is 7.54. The van der Waals surface area contributed by atoms with Gasteiger partial charge in [0.25, 0.3) is 0 Å². The lowest BCUT2D eigenvalue weighted by molar-refractivity contribution is 0.414. The topological polar surface area (TPSA) is 42.8 Å². The van der Waals surface area contributed by atoms with Gasteiger partial charge >= 0.3 is 0 Å². The molecule has 0 aliphatic carbocycles. The van der Waals surface area contributed by atoms with Gasteiger partial charge in [-0.2, -0.15) is 0 Å². The Morgan fingerprint density at radius 3 is 2.71 bits per heavy atom. The summed E-state index contributed by atoms with van der Waals surface area (Å²) in [7, 11) is 1.65. The van der Waals surface area contributed by atoms with Crippen LogP contribution < -0.4 is 4.74 Å². The number of nitrogens with one attached hydrogen (secondary N) is 1. The highest BCUT2D eigenvalue weighted by molar-refractivity contribution is 7.71. The fraction of sp³-hybridized carbons (Fsp3) is 0.200. The lowest BCUT2D eigenvalue weighted by Gasteiger charge is -2.15. The molecule has 108 valence electrons. The first-order valence-electron chi connectivity index (χ1n) is 6.50. The Morgan fingerprint density at radius 2 is 2.05 bits per heavy atom. The van der Waals surface area contributed by atoms with Crippen molar-refractivity contribution in [1.29, 1.82) is 0 Å². The van der Waals surface area contributed by atoms with Gasteiger partial charge in [-0.1, -0.05) is 23.7 Å². The highest BCUT2D eigenvalue weighted by Gasteiger charge is 2.14. The normalized spacial score (nSPS) is 12.5. The van der Waals surface area contributed by atoms with E-state index in [9.17, 15) is 0 Å². The van der Waals surface area contributed by atoms with Crippen LogP contribution in [-0.2, 0) is 0 Å². The van der Waals surface area contributed by atoms with E-state index in [-0.39, 0.29) is 6.04 Å². The van der Waals surface area contributed by atoms with Gasteiger partial charge in [0.05, 0.1) is 23.7 Å². The van der Waals surface area contributed by atoms with Crippen molar-refractivity contribution in [2.45, 2.75) is 13.0 Å². The molecule has 3 aromatic rings. The number of H-pyrrole nitrogens is 1. The van der Waals surface area contributed by atoms with Crippen molar-refractivity contribution < 1.29 is 4.74 Å². The number of fused-ring (bicyclic) bond motifs is 1. The minimum atomic E-state index is 0.0610. The van der Waals surface area contributed by atoms with E-state index in [0.717, 1.165) is 22.5 Å². The van der Waals surface area contributed by atoms with E-state index < -0.39 is 0 Å². The van der Waals surface area contributed by atoms with Crippen LogP contribution in [0.3, 0.4) is 0 Å². The van der Waals surface area contributed by atoms with Crippen LogP contribution in [0.25, 0.3) is 11.2 Å². The number of nitrogens with zero attached hydrogens (tertiary/aromatic N) is 2. The number of imidazole rings is 1. The molecule has 0 spiro atoms. The molecule has 0 saturated heterocycles. The Kier molecular flexibility index (Phi) is 3.69. The zero-order chi connectivity index (χ0) is 15.0. The second kappa shape index (κ2) is 5.50. The summed E-state index contributed by atoms with van der Waals surface area (Å²) in [5.41, 5.74) is 2.77. The molecule has 0 bridgehead atoms. The summed E-state index contributed by atoms with van der Waals surface area (Å²) in [5, 5.41) is 0.586. The molecule has 0 fully saturated rings. The number of hydrogen-bond acceptors (Lipinski definition) is 3. The minimum absolute atomic E-state index is 0.0610. The molecule has 0 radical (unpaired) electrons. The average Bonchev–Trinajstić information content (AvgIpc) is 2.81. The van der Waals surface area contributed by atoms with Gasteiger partial charge in [-0.15, -0.1) is 0 Å². The number of hydrogen-bond donors (Lipinski definition) is 1. The van der Waals surface area contributed by atoms with Crippen molar-refractivity contribution in [3.63, 3.8) is 0 Å². The maximum absolute atomic E-state index is 5.97. The predicted octanol–water partition coefficient (Wildman–Crippen LogP) is 4.37. The van der Waals surface area contributed by atoms with Crippen LogP contribution in [0.15, 0.2) is 36.5 Å². The van der Waals surface area contributed by atoms with E-state index >= 15 is 0 Å². The maximum Gasteiger partial charge on any atom is 0.179 e. The van der Waals surface area contributed by atoms with Crippen molar-refractivity contribution in [1.82, 2.24) is 14.5 Å². The standard InChI is InChI=1S/C15H14ClN3OS/c1-9(10-3-5-12(20-2)6-4-10)19-14-13(18-15(19)21)7-11(16)8-17-14/h3-9H,1-2H3,(H,18,21). The van der Waals surface area contributed by atoms with Crippen LogP contribution in [0.2, 0.25) is 5.02 Å². The van der Waals surface area contributed by atoms with Gasteiger partial charge in [-0.3, -0.25) is 4.57 Å². The van der Waals surface area contributed by atoms with E-state index in [4.69, 9.17) is 28.6 Å². The fourth-order valence-corrected chi connectivity index (χ4v) is 2.89. The Hall–Kier alpha value is -1.85. The number of aromatic nitrogens is 3. The van der Waals surface area contributed by atoms with Crippen molar-refractivity contribution in [2.75, 3.05) is 7.11 Å². The van der Waals surface area contributed by atoms with E-state index in [1.54, 1.807) is 13.3 Å². The van der Waals surface area contributed by atoms with Gasteiger partial charge in [0.15, 0.2) is 10.4 Å². The summed E-state index contributed by atoms with van der Waals surface area (Å²) in [5.74, 6) is 0.832. The SMILES string of the molecule is COc1ccc(C(C)n2c(=S)[nH]c3cc(Cl)cnc32)cc1. The van der Waals surface area contributed by atoms with Crippen LogP contribution in [0.1, 0.15) is 18.5 Å². The first kappa shape index (κ1) is 14.1. The average molecular weight is 320 g/mol. The highest BCUT2D eigenvalue weighted by Crippen LogP contribution is 2.25. The molecule has 0 saturated carbocycles.